The van der Waals surface area contributed by atoms with Crippen molar-refractivity contribution in [2.45, 2.75) is 4.90 Å². The number of anilines is 2. The molecule has 3 N–H and O–H groups in total. The third-order valence-corrected chi connectivity index (χ3v) is 3.86. The maximum Gasteiger partial charge on any atom is 0.264 e. The van der Waals surface area contributed by atoms with Gasteiger partial charge >= 0.3 is 0 Å². The summed E-state index contributed by atoms with van der Waals surface area (Å²) in [5.41, 5.74) is 4.44. The number of nitrogens with two attached hydrogens (primary N) is 1. The van der Waals surface area contributed by atoms with Crippen molar-refractivity contribution in [2.75, 3.05) is 10.5 Å². The highest BCUT2D eigenvalue weighted by molar-refractivity contribution is 7.92. The zero-order chi connectivity index (χ0) is 14.9. The Morgan fingerprint density at radius 2 is 1.60 bits per heavy atom. The molecule has 0 atom stereocenters. The molecule has 0 aliphatic carbocycles. The Hall–Kier alpha value is -2.22. The van der Waals surface area contributed by atoms with Crippen molar-refractivity contribution < 1.29 is 21.6 Å². The Morgan fingerprint density at radius 1 is 1.00 bits per heavy atom. The maximum atomic E-state index is 13.2. The lowest BCUT2D eigenvalue weighted by molar-refractivity contribution is 0.584. The highest BCUT2D eigenvalue weighted by Crippen LogP contribution is 2.24. The number of hydrogen-bond donors (Lipinski definition) is 2. The number of benzene rings is 2. The Balaban J connectivity index is 2.43. The summed E-state index contributed by atoms with van der Waals surface area (Å²) in [7, 11) is -4.25. The first-order valence-electron chi connectivity index (χ1n) is 5.32. The second-order valence-electron chi connectivity index (χ2n) is 3.92. The number of hydrogen-bond acceptors (Lipinski definition) is 3. The molecule has 0 spiro atoms. The molecule has 0 heterocycles. The molecular weight excluding hydrogens is 293 g/mol. The first-order chi connectivity index (χ1) is 9.29. The number of halogens is 3. The Morgan fingerprint density at radius 3 is 2.20 bits per heavy atom. The van der Waals surface area contributed by atoms with Crippen LogP contribution in [0.25, 0.3) is 0 Å². The van der Waals surface area contributed by atoms with E-state index in [1.807, 2.05) is 4.72 Å². The number of nitrogen functional groups attached to an aromatic ring is 1. The van der Waals surface area contributed by atoms with Gasteiger partial charge in [0.2, 0.25) is 0 Å². The van der Waals surface area contributed by atoms with E-state index in [1.165, 1.54) is 0 Å². The average molecular weight is 302 g/mol. The fraction of sp³-hybridized carbons (Fsp3) is 0. The monoisotopic (exact) mass is 302 g/mol. The molecule has 8 heteroatoms. The van der Waals surface area contributed by atoms with Crippen LogP contribution in [0.5, 0.6) is 0 Å². The molecule has 2 aromatic rings. The molecule has 0 saturated heterocycles. The number of rotatable bonds is 3. The lowest BCUT2D eigenvalue weighted by Gasteiger charge is -2.10. The fourth-order valence-corrected chi connectivity index (χ4v) is 2.76. The molecule has 0 fully saturated rings. The molecule has 0 bridgehead atoms. The third kappa shape index (κ3) is 2.85. The number of nitrogens with one attached hydrogen (secondary N) is 1. The second-order valence-corrected chi connectivity index (χ2v) is 5.57. The van der Waals surface area contributed by atoms with E-state index in [-0.39, 0.29) is 5.69 Å². The summed E-state index contributed by atoms with van der Waals surface area (Å²) >= 11 is 0. The van der Waals surface area contributed by atoms with Crippen molar-refractivity contribution in [1.29, 1.82) is 0 Å². The molecular formula is C12H9F3N2O2S. The van der Waals surface area contributed by atoms with Crippen LogP contribution in [0.3, 0.4) is 0 Å². The van der Waals surface area contributed by atoms with E-state index < -0.39 is 38.1 Å². The molecule has 0 aromatic heterocycles. The lowest BCUT2D eigenvalue weighted by Crippen LogP contribution is -2.15. The first kappa shape index (κ1) is 14.2. The van der Waals surface area contributed by atoms with Crippen LogP contribution in [-0.2, 0) is 10.0 Å². The van der Waals surface area contributed by atoms with E-state index >= 15 is 0 Å². The van der Waals surface area contributed by atoms with Crippen molar-refractivity contribution in [3.8, 4) is 0 Å². The Bertz CT molecular complexity index is 743. The fourth-order valence-electron chi connectivity index (χ4n) is 1.57. The normalized spacial score (nSPS) is 11.3. The van der Waals surface area contributed by atoms with Gasteiger partial charge in [-0.1, -0.05) is 6.07 Å². The van der Waals surface area contributed by atoms with Gasteiger partial charge in [-0.05, 0) is 24.3 Å². The van der Waals surface area contributed by atoms with Gasteiger partial charge in [-0.3, -0.25) is 4.72 Å². The predicted octanol–water partition coefficient (Wildman–Crippen LogP) is 2.49. The minimum Gasteiger partial charge on any atom is -0.395 e. The van der Waals surface area contributed by atoms with Gasteiger partial charge < -0.3 is 5.73 Å². The molecule has 0 saturated carbocycles. The molecule has 0 radical (unpaired) electrons. The van der Waals surface area contributed by atoms with Gasteiger partial charge in [-0.25, -0.2) is 21.6 Å². The maximum absolute atomic E-state index is 13.2. The van der Waals surface area contributed by atoms with Crippen LogP contribution < -0.4 is 10.5 Å². The predicted molar refractivity (Wildman–Crippen MR) is 68.0 cm³/mol. The van der Waals surface area contributed by atoms with E-state index in [4.69, 9.17) is 5.73 Å². The van der Waals surface area contributed by atoms with Crippen LogP contribution in [0.4, 0.5) is 24.5 Å². The highest BCUT2D eigenvalue weighted by atomic mass is 32.2. The van der Waals surface area contributed by atoms with Crippen molar-refractivity contribution >= 4 is 21.4 Å². The standard InChI is InChI=1S/C12H9F3N2O2S/c13-7-4-8(14)6-9(5-7)17-20(18,19)11-3-1-2-10(15)12(11)16/h1-6,17H,16H2. The zero-order valence-electron chi connectivity index (χ0n) is 9.90. The smallest absolute Gasteiger partial charge is 0.264 e. The van der Waals surface area contributed by atoms with Gasteiger partial charge in [0, 0.05) is 6.07 Å². The molecule has 4 nitrogen and oxygen atoms in total. The van der Waals surface area contributed by atoms with Crippen molar-refractivity contribution in [2.24, 2.45) is 0 Å². The van der Waals surface area contributed by atoms with E-state index in [0.717, 1.165) is 30.3 Å². The summed E-state index contributed by atoms with van der Waals surface area (Å²) < 4.78 is 65.1. The molecule has 0 unspecified atom stereocenters. The topological polar surface area (TPSA) is 72.2 Å². The summed E-state index contributed by atoms with van der Waals surface area (Å²) in [6, 6.07) is 5.40. The third-order valence-electron chi connectivity index (χ3n) is 2.42. The van der Waals surface area contributed by atoms with Gasteiger partial charge in [-0.15, -0.1) is 0 Å². The van der Waals surface area contributed by atoms with E-state index in [1.54, 1.807) is 0 Å². The average Bonchev–Trinajstić information content (AvgIpc) is 2.30. The van der Waals surface area contributed by atoms with Crippen LogP contribution in [0.2, 0.25) is 0 Å². The minimum atomic E-state index is -4.25. The molecule has 0 amide bonds. The van der Waals surface area contributed by atoms with Crippen LogP contribution in [0.15, 0.2) is 41.3 Å². The molecule has 2 rings (SSSR count). The van der Waals surface area contributed by atoms with Gasteiger partial charge in [0.1, 0.15) is 22.3 Å². The molecule has 0 aliphatic rings. The molecule has 106 valence electrons. The van der Waals surface area contributed by atoms with Gasteiger partial charge in [0.05, 0.1) is 11.4 Å². The van der Waals surface area contributed by atoms with E-state index in [2.05, 4.69) is 0 Å². The van der Waals surface area contributed by atoms with Crippen molar-refractivity contribution in [3.05, 3.63) is 53.8 Å². The second kappa shape index (κ2) is 5.04. The minimum absolute atomic E-state index is 0.328. The first-order valence-corrected chi connectivity index (χ1v) is 6.81. The van der Waals surface area contributed by atoms with Crippen LogP contribution >= 0.6 is 0 Å². The van der Waals surface area contributed by atoms with Crippen molar-refractivity contribution in [3.63, 3.8) is 0 Å². The SMILES string of the molecule is Nc1c(F)cccc1S(=O)(=O)Nc1cc(F)cc(F)c1. The number of sulfonamides is 1. The molecule has 0 aliphatic heterocycles. The summed E-state index contributed by atoms with van der Waals surface area (Å²) in [6.45, 7) is 0. The van der Waals surface area contributed by atoms with Gasteiger partial charge in [0.25, 0.3) is 10.0 Å². The quantitative estimate of drug-likeness (QED) is 0.856. The van der Waals surface area contributed by atoms with E-state index in [9.17, 15) is 21.6 Å². The number of para-hydroxylation sites is 1. The molecule has 2 aromatic carbocycles. The van der Waals surface area contributed by atoms with E-state index in [0.29, 0.717) is 6.07 Å². The zero-order valence-corrected chi connectivity index (χ0v) is 10.7. The van der Waals surface area contributed by atoms with Gasteiger partial charge in [0.15, 0.2) is 0 Å². The van der Waals surface area contributed by atoms with Crippen LogP contribution in [0, 0.1) is 17.5 Å². The Kier molecular flexibility index (Phi) is 3.58. The van der Waals surface area contributed by atoms with Crippen LogP contribution in [-0.4, -0.2) is 8.42 Å². The lowest BCUT2D eigenvalue weighted by atomic mass is 10.3. The summed E-state index contributed by atoms with van der Waals surface area (Å²) in [5.74, 6) is -2.80. The van der Waals surface area contributed by atoms with Gasteiger partial charge in [-0.2, -0.15) is 0 Å². The van der Waals surface area contributed by atoms with Crippen molar-refractivity contribution in [1.82, 2.24) is 0 Å². The van der Waals surface area contributed by atoms with Crippen LogP contribution in [0.1, 0.15) is 0 Å². The Labute approximate surface area is 113 Å². The largest absolute Gasteiger partial charge is 0.395 e. The summed E-state index contributed by atoms with van der Waals surface area (Å²) in [5, 5.41) is 0. The summed E-state index contributed by atoms with van der Waals surface area (Å²) in [6.07, 6.45) is 0. The molecule has 20 heavy (non-hydrogen) atoms. The summed E-state index contributed by atoms with van der Waals surface area (Å²) in [4.78, 5) is -0.512. The highest BCUT2D eigenvalue weighted by Gasteiger charge is 2.20.